The Labute approximate surface area is 131 Å². The van der Waals surface area contributed by atoms with Crippen LogP contribution in [0.4, 0.5) is 0 Å². The van der Waals surface area contributed by atoms with Crippen molar-refractivity contribution in [2.45, 2.75) is 46.4 Å². The average Bonchev–Trinajstić information content (AvgIpc) is 2.25. The Bertz CT molecular complexity index is 549. The number of aryl methyl sites for hydroxylation is 6. The van der Waals surface area contributed by atoms with E-state index in [1.54, 1.807) is 7.02 Å². The summed E-state index contributed by atoms with van der Waals surface area (Å²) in [5, 5.41) is 0. The Morgan fingerprint density at radius 2 is 0.800 bits per heavy atom. The molecule has 2 aromatic carbocycles. The SMILES string of the molecule is Cc1cc(C)[c]([Sb]([CH3])[c]2c(C)cc(C)cc2C)c(C)c1. The van der Waals surface area contributed by atoms with E-state index in [-0.39, 0.29) is 0 Å². The second kappa shape index (κ2) is 5.94. The molecule has 0 heterocycles. The van der Waals surface area contributed by atoms with Gasteiger partial charge in [0.05, 0.1) is 0 Å². The fourth-order valence-electron chi connectivity index (χ4n) is 3.51. The van der Waals surface area contributed by atoms with Crippen LogP contribution in [0.3, 0.4) is 0 Å². The van der Waals surface area contributed by atoms with E-state index in [1.165, 1.54) is 33.4 Å². The molecule has 20 heavy (non-hydrogen) atoms. The third kappa shape index (κ3) is 2.96. The fourth-order valence-corrected chi connectivity index (χ4v) is 10.9. The van der Waals surface area contributed by atoms with Gasteiger partial charge in [-0.3, -0.25) is 0 Å². The summed E-state index contributed by atoms with van der Waals surface area (Å²) in [6, 6.07) is 9.40. The normalized spacial score (nSPS) is 11.2. The van der Waals surface area contributed by atoms with E-state index in [9.17, 15) is 0 Å². The molecule has 0 saturated heterocycles. The molecule has 0 saturated carbocycles. The number of hydrogen-bond donors (Lipinski definition) is 0. The van der Waals surface area contributed by atoms with Crippen molar-refractivity contribution in [3.63, 3.8) is 0 Å². The monoisotopic (exact) mass is 374 g/mol. The summed E-state index contributed by atoms with van der Waals surface area (Å²) in [5.74, 6) is 0. The molecule has 0 bridgehead atoms. The molecule has 0 aliphatic rings. The van der Waals surface area contributed by atoms with Gasteiger partial charge < -0.3 is 0 Å². The maximum atomic E-state index is 2.53. The van der Waals surface area contributed by atoms with Crippen LogP contribution in [0, 0.1) is 41.5 Å². The van der Waals surface area contributed by atoms with Gasteiger partial charge in [0, 0.05) is 0 Å². The van der Waals surface area contributed by atoms with Crippen LogP contribution in [0.25, 0.3) is 0 Å². The Hall–Kier alpha value is -0.742. The van der Waals surface area contributed by atoms with Gasteiger partial charge in [-0.2, -0.15) is 0 Å². The first-order valence-electron chi connectivity index (χ1n) is 7.20. The van der Waals surface area contributed by atoms with Crippen LogP contribution in [0.5, 0.6) is 0 Å². The topological polar surface area (TPSA) is 0 Å². The molecule has 0 nitrogen and oxygen atoms in total. The molecule has 0 radical (unpaired) electrons. The first-order chi connectivity index (χ1) is 9.31. The summed E-state index contributed by atoms with van der Waals surface area (Å²) in [4.78, 5) is 2.53. The maximum absolute atomic E-state index is 2.53. The molecule has 0 aliphatic heterocycles. The minimum absolute atomic E-state index is 1.38. The second-order valence-corrected chi connectivity index (χ2v) is 11.8. The van der Waals surface area contributed by atoms with Gasteiger partial charge in [-0.05, 0) is 0 Å². The van der Waals surface area contributed by atoms with Crippen molar-refractivity contribution in [1.29, 1.82) is 0 Å². The first-order valence-corrected chi connectivity index (χ1v) is 12.3. The molecule has 106 valence electrons. The van der Waals surface area contributed by atoms with Gasteiger partial charge in [-0.25, -0.2) is 0 Å². The van der Waals surface area contributed by atoms with Crippen molar-refractivity contribution in [2.75, 3.05) is 0 Å². The summed E-state index contributed by atoms with van der Waals surface area (Å²) >= 11 is -1.62. The zero-order valence-electron chi connectivity index (χ0n) is 13.8. The molecular weight excluding hydrogens is 350 g/mol. The van der Waals surface area contributed by atoms with E-state index >= 15 is 0 Å². The third-order valence-corrected chi connectivity index (χ3v) is 11.8. The van der Waals surface area contributed by atoms with Gasteiger partial charge in [-0.15, -0.1) is 0 Å². The molecule has 0 N–H and O–H groups in total. The van der Waals surface area contributed by atoms with Crippen molar-refractivity contribution in [1.82, 2.24) is 0 Å². The minimum atomic E-state index is -1.62. The van der Waals surface area contributed by atoms with Crippen molar-refractivity contribution in [2.24, 2.45) is 0 Å². The molecular formula is C19H25Sb. The van der Waals surface area contributed by atoms with Gasteiger partial charge in [0.1, 0.15) is 0 Å². The Morgan fingerprint density at radius 3 is 1.05 bits per heavy atom. The Balaban J connectivity index is 2.61. The molecule has 0 spiro atoms. The van der Waals surface area contributed by atoms with Gasteiger partial charge in [0.25, 0.3) is 0 Å². The summed E-state index contributed by atoms with van der Waals surface area (Å²) in [6.45, 7) is 13.5. The fraction of sp³-hybridized carbons (Fsp3) is 0.368. The van der Waals surface area contributed by atoms with Crippen molar-refractivity contribution >= 4 is 27.2 Å². The van der Waals surface area contributed by atoms with E-state index in [0.717, 1.165) is 0 Å². The molecule has 0 aromatic heterocycles. The number of rotatable bonds is 2. The summed E-state index contributed by atoms with van der Waals surface area (Å²) in [6.07, 6.45) is 0. The van der Waals surface area contributed by atoms with E-state index in [1.807, 2.05) is 0 Å². The molecule has 0 atom stereocenters. The van der Waals surface area contributed by atoms with Gasteiger partial charge >= 0.3 is 131 Å². The van der Waals surface area contributed by atoms with Crippen LogP contribution in [-0.2, 0) is 0 Å². The van der Waals surface area contributed by atoms with Crippen LogP contribution >= 0.6 is 0 Å². The van der Waals surface area contributed by atoms with Crippen molar-refractivity contribution < 1.29 is 0 Å². The predicted octanol–water partition coefficient (Wildman–Crippen LogP) is 3.78. The summed E-state index contributed by atoms with van der Waals surface area (Å²) < 4.78 is 3.35. The zero-order valence-corrected chi connectivity index (χ0v) is 16.3. The molecule has 2 aromatic rings. The van der Waals surface area contributed by atoms with E-state index in [2.05, 4.69) is 70.7 Å². The predicted molar refractivity (Wildman–Crippen MR) is 92.2 cm³/mol. The molecule has 0 aliphatic carbocycles. The average molecular weight is 375 g/mol. The standard InChI is InChI=1S/2C9H11.CH3.Sb/c2*1-7-4-8(2)6-9(3)5-7;;/h2*4-5H,1-3H3;1H3;. The van der Waals surface area contributed by atoms with Gasteiger partial charge in [0.15, 0.2) is 0 Å². The second-order valence-electron chi connectivity index (χ2n) is 6.05. The van der Waals surface area contributed by atoms with E-state index in [0.29, 0.717) is 0 Å². The zero-order chi connectivity index (χ0) is 15.0. The first kappa shape index (κ1) is 15.6. The van der Waals surface area contributed by atoms with Crippen LogP contribution in [0.15, 0.2) is 24.3 Å². The van der Waals surface area contributed by atoms with Crippen molar-refractivity contribution in [3.8, 4) is 0 Å². The van der Waals surface area contributed by atoms with Crippen LogP contribution < -0.4 is 7.02 Å². The van der Waals surface area contributed by atoms with Crippen LogP contribution in [0.2, 0.25) is 4.87 Å². The quantitative estimate of drug-likeness (QED) is 0.701. The molecule has 0 unspecified atom stereocenters. The molecule has 0 fully saturated rings. The molecule has 2 rings (SSSR count). The molecule has 0 amide bonds. The van der Waals surface area contributed by atoms with Crippen LogP contribution in [-0.4, -0.2) is 20.2 Å². The summed E-state index contributed by atoms with van der Waals surface area (Å²) in [5.41, 5.74) is 8.74. The molecule has 1 heteroatoms. The van der Waals surface area contributed by atoms with Crippen molar-refractivity contribution in [3.05, 3.63) is 57.6 Å². The number of hydrogen-bond acceptors (Lipinski definition) is 0. The number of benzene rings is 2. The third-order valence-electron chi connectivity index (χ3n) is 3.94. The Kier molecular flexibility index (Phi) is 4.65. The van der Waals surface area contributed by atoms with Gasteiger partial charge in [0.2, 0.25) is 0 Å². The van der Waals surface area contributed by atoms with Crippen LogP contribution in [0.1, 0.15) is 33.4 Å². The van der Waals surface area contributed by atoms with E-state index < -0.39 is 20.2 Å². The summed E-state index contributed by atoms with van der Waals surface area (Å²) in [7, 11) is 0. The van der Waals surface area contributed by atoms with Gasteiger partial charge in [-0.1, -0.05) is 0 Å². The Morgan fingerprint density at radius 1 is 0.550 bits per heavy atom. The van der Waals surface area contributed by atoms with E-state index in [4.69, 9.17) is 0 Å².